The summed E-state index contributed by atoms with van der Waals surface area (Å²) in [4.78, 5) is 46.5. The first-order chi connectivity index (χ1) is 9.36. The molecule has 0 aliphatic carbocycles. The number of carbonyl (C=O) groups is 4. The van der Waals surface area contributed by atoms with Crippen LogP contribution in [0.25, 0.3) is 0 Å². The zero-order chi connectivity index (χ0) is 15.3. The molecule has 9 heteroatoms. The van der Waals surface area contributed by atoms with Crippen LogP contribution in [0.2, 0.25) is 0 Å². The maximum Gasteiger partial charge on any atom is 0.328 e. The van der Waals surface area contributed by atoms with E-state index in [9.17, 15) is 19.2 Å². The van der Waals surface area contributed by atoms with Crippen LogP contribution in [0.5, 0.6) is 0 Å². The Bertz CT molecular complexity index is 424. The zero-order valence-electron chi connectivity index (χ0n) is 11.2. The molecule has 3 amide bonds. The van der Waals surface area contributed by atoms with E-state index in [2.05, 4.69) is 10.6 Å². The summed E-state index contributed by atoms with van der Waals surface area (Å²) in [5.74, 6) is -2.32. The third-order valence-corrected chi connectivity index (χ3v) is 2.71. The summed E-state index contributed by atoms with van der Waals surface area (Å²) >= 11 is 0. The molecule has 0 radical (unpaired) electrons. The second kappa shape index (κ2) is 6.73. The lowest BCUT2D eigenvalue weighted by molar-refractivity contribution is -0.144. The normalized spacial score (nSPS) is 19.8. The third kappa shape index (κ3) is 3.84. The van der Waals surface area contributed by atoms with Gasteiger partial charge in [0.05, 0.1) is 6.61 Å². The number of carboxylic acids is 1. The van der Waals surface area contributed by atoms with Gasteiger partial charge in [0.1, 0.15) is 18.6 Å². The van der Waals surface area contributed by atoms with Crippen LogP contribution in [0.4, 0.5) is 4.79 Å². The number of urea groups is 1. The van der Waals surface area contributed by atoms with Crippen LogP contribution in [0.1, 0.15) is 13.8 Å². The van der Waals surface area contributed by atoms with Crippen molar-refractivity contribution >= 4 is 23.9 Å². The predicted octanol–water partition coefficient (Wildman–Crippen LogP) is -1.47. The fraction of sp³-hybridized carbons (Fsp3) is 0.636. The molecular weight excluding hydrogens is 270 g/mol. The van der Waals surface area contributed by atoms with Crippen molar-refractivity contribution in [3.05, 3.63) is 0 Å². The molecule has 3 N–H and O–H groups in total. The number of piperazine rings is 1. The monoisotopic (exact) mass is 287 g/mol. The predicted molar refractivity (Wildman–Crippen MR) is 65.8 cm³/mol. The number of hydrogen-bond donors (Lipinski definition) is 3. The first kappa shape index (κ1) is 15.7. The molecule has 0 aromatic carbocycles. The van der Waals surface area contributed by atoms with E-state index in [1.54, 1.807) is 6.92 Å². The average Bonchev–Trinajstić information content (AvgIpc) is 2.38. The summed E-state index contributed by atoms with van der Waals surface area (Å²) < 4.78 is 4.72. The number of carboxylic acid groups (broad SMARTS) is 1. The summed E-state index contributed by atoms with van der Waals surface area (Å²) in [6.45, 7) is 2.66. The van der Waals surface area contributed by atoms with Crippen LogP contribution in [0.15, 0.2) is 0 Å². The van der Waals surface area contributed by atoms with E-state index in [1.807, 2.05) is 0 Å². The maximum atomic E-state index is 11.9. The Kier molecular flexibility index (Phi) is 5.30. The molecule has 9 nitrogen and oxygen atoms in total. The minimum Gasteiger partial charge on any atom is -0.480 e. The number of nitrogens with zero attached hydrogens (tertiary/aromatic N) is 1. The molecule has 0 bridgehead atoms. The largest absolute Gasteiger partial charge is 0.480 e. The lowest BCUT2D eigenvalue weighted by Crippen LogP contribution is -2.62. The zero-order valence-corrected chi connectivity index (χ0v) is 11.2. The van der Waals surface area contributed by atoms with Crippen molar-refractivity contribution in [3.63, 3.8) is 0 Å². The van der Waals surface area contributed by atoms with Crippen molar-refractivity contribution in [2.75, 3.05) is 19.7 Å². The topological polar surface area (TPSA) is 125 Å². The van der Waals surface area contributed by atoms with Gasteiger partial charge in [-0.25, -0.2) is 14.4 Å². The fourth-order valence-corrected chi connectivity index (χ4v) is 1.67. The molecule has 2 atom stereocenters. The molecule has 1 aliphatic rings. The third-order valence-electron chi connectivity index (χ3n) is 2.71. The molecule has 0 aromatic heterocycles. The molecule has 1 rings (SSSR count). The van der Waals surface area contributed by atoms with E-state index < -0.39 is 36.0 Å². The van der Waals surface area contributed by atoms with E-state index in [-0.39, 0.29) is 19.7 Å². The minimum absolute atomic E-state index is 0.170. The number of ether oxygens (including phenoxy) is 1. The number of hydrogen-bond acceptors (Lipinski definition) is 5. The molecule has 112 valence electrons. The van der Waals surface area contributed by atoms with Gasteiger partial charge in [-0.3, -0.25) is 9.69 Å². The lowest BCUT2D eigenvalue weighted by Gasteiger charge is -2.33. The van der Waals surface area contributed by atoms with Gasteiger partial charge in [-0.15, -0.1) is 0 Å². The summed E-state index contributed by atoms with van der Waals surface area (Å²) in [7, 11) is 0. The van der Waals surface area contributed by atoms with Crippen LogP contribution < -0.4 is 10.6 Å². The first-order valence-electron chi connectivity index (χ1n) is 6.10. The highest BCUT2D eigenvalue weighted by atomic mass is 16.5. The molecule has 0 saturated carbocycles. The van der Waals surface area contributed by atoms with E-state index in [0.717, 1.165) is 4.90 Å². The van der Waals surface area contributed by atoms with Crippen molar-refractivity contribution < 1.29 is 29.0 Å². The fourth-order valence-electron chi connectivity index (χ4n) is 1.67. The van der Waals surface area contributed by atoms with Crippen LogP contribution >= 0.6 is 0 Å². The highest BCUT2D eigenvalue weighted by Gasteiger charge is 2.36. The Morgan fingerprint density at radius 2 is 2.20 bits per heavy atom. The SMILES string of the molecule is CCOC(=O)C(C)NC(=O)N1CC(=O)NCC1C(=O)O. The van der Waals surface area contributed by atoms with E-state index >= 15 is 0 Å². The minimum atomic E-state index is -1.23. The van der Waals surface area contributed by atoms with Gasteiger partial charge in [0.25, 0.3) is 0 Å². The van der Waals surface area contributed by atoms with E-state index in [0.29, 0.717) is 0 Å². The average molecular weight is 287 g/mol. The number of aliphatic carboxylic acids is 1. The summed E-state index contributed by atoms with van der Waals surface area (Å²) in [5, 5.41) is 13.7. The standard InChI is InChI=1S/C11H17N3O6/c1-3-20-10(18)6(2)13-11(19)14-5-8(15)12-4-7(14)9(16)17/h6-7H,3-5H2,1-2H3,(H,12,15)(H,13,19)(H,16,17). The number of amides is 3. The quantitative estimate of drug-likeness (QED) is 0.542. The van der Waals surface area contributed by atoms with Crippen LogP contribution in [0.3, 0.4) is 0 Å². The molecular formula is C11H17N3O6. The molecule has 1 saturated heterocycles. The number of rotatable bonds is 4. The van der Waals surface area contributed by atoms with Gasteiger partial charge in [0.15, 0.2) is 0 Å². The Labute approximate surface area is 115 Å². The smallest absolute Gasteiger partial charge is 0.328 e. The summed E-state index contributed by atoms with van der Waals surface area (Å²) in [6, 6.07) is -2.89. The number of esters is 1. The highest BCUT2D eigenvalue weighted by molar-refractivity contribution is 5.92. The molecule has 1 fully saturated rings. The summed E-state index contributed by atoms with van der Waals surface area (Å²) in [6.07, 6.45) is 0. The number of nitrogens with one attached hydrogen (secondary N) is 2. The van der Waals surface area contributed by atoms with Gasteiger partial charge in [0.2, 0.25) is 5.91 Å². The van der Waals surface area contributed by atoms with Crippen molar-refractivity contribution in [2.45, 2.75) is 25.9 Å². The molecule has 1 heterocycles. The van der Waals surface area contributed by atoms with Gasteiger partial charge in [0, 0.05) is 6.54 Å². The molecule has 0 aromatic rings. The van der Waals surface area contributed by atoms with Crippen molar-refractivity contribution in [1.82, 2.24) is 15.5 Å². The highest BCUT2D eigenvalue weighted by Crippen LogP contribution is 2.05. The molecule has 20 heavy (non-hydrogen) atoms. The molecule has 2 unspecified atom stereocenters. The second-order valence-electron chi connectivity index (χ2n) is 4.21. The second-order valence-corrected chi connectivity index (χ2v) is 4.21. The first-order valence-corrected chi connectivity index (χ1v) is 6.10. The Morgan fingerprint density at radius 1 is 1.55 bits per heavy atom. The van der Waals surface area contributed by atoms with Crippen molar-refractivity contribution in [2.24, 2.45) is 0 Å². The van der Waals surface area contributed by atoms with Crippen molar-refractivity contribution in [1.29, 1.82) is 0 Å². The maximum absolute atomic E-state index is 11.9. The van der Waals surface area contributed by atoms with Crippen molar-refractivity contribution in [3.8, 4) is 0 Å². The van der Waals surface area contributed by atoms with E-state index in [1.165, 1.54) is 6.92 Å². The van der Waals surface area contributed by atoms with Gasteiger partial charge >= 0.3 is 18.0 Å². The van der Waals surface area contributed by atoms with Crippen LogP contribution in [-0.4, -0.2) is 65.7 Å². The molecule has 0 spiro atoms. The number of carbonyl (C=O) groups excluding carboxylic acids is 3. The Hall–Kier alpha value is -2.32. The van der Waals surface area contributed by atoms with Gasteiger partial charge in [-0.05, 0) is 13.8 Å². The van der Waals surface area contributed by atoms with Crippen LogP contribution in [-0.2, 0) is 19.1 Å². The van der Waals surface area contributed by atoms with E-state index in [4.69, 9.17) is 9.84 Å². The van der Waals surface area contributed by atoms with Gasteiger partial charge in [-0.2, -0.15) is 0 Å². The lowest BCUT2D eigenvalue weighted by atomic mass is 10.2. The Morgan fingerprint density at radius 3 is 2.75 bits per heavy atom. The van der Waals surface area contributed by atoms with Gasteiger partial charge in [-0.1, -0.05) is 0 Å². The van der Waals surface area contributed by atoms with Gasteiger partial charge < -0.3 is 20.5 Å². The Balaban J connectivity index is 2.69. The summed E-state index contributed by atoms with van der Waals surface area (Å²) in [5.41, 5.74) is 0. The molecule has 1 aliphatic heterocycles. The van der Waals surface area contributed by atoms with Crippen LogP contribution in [0, 0.1) is 0 Å².